The number of ether oxygens (including phenoxy) is 2. The minimum Gasteiger partial charge on any atom is -0.493 e. The molecule has 6 heteroatoms. The van der Waals surface area contributed by atoms with E-state index in [9.17, 15) is 4.79 Å². The number of benzene rings is 2. The second kappa shape index (κ2) is 7.74. The molecule has 1 amide bonds. The highest BCUT2D eigenvalue weighted by Crippen LogP contribution is 2.30. The van der Waals surface area contributed by atoms with E-state index in [1.54, 1.807) is 57.5 Å². The fourth-order valence-corrected chi connectivity index (χ4v) is 2.15. The zero-order valence-corrected chi connectivity index (χ0v) is 14.0. The molecule has 0 spiro atoms. The third kappa shape index (κ3) is 4.53. The molecule has 0 fully saturated rings. The molecule has 1 unspecified atom stereocenters. The van der Waals surface area contributed by atoms with Crippen molar-refractivity contribution in [2.24, 2.45) is 0 Å². The minimum absolute atomic E-state index is 0.151. The number of halogens is 1. The first-order valence-corrected chi connectivity index (χ1v) is 7.46. The number of nitrogens with one attached hydrogen (secondary N) is 2. The molecule has 2 aromatic carbocycles. The van der Waals surface area contributed by atoms with Crippen molar-refractivity contribution < 1.29 is 14.3 Å². The standard InChI is InChI=1S/C17H19ClN2O3/c1-11(17(21)20-13-6-4-12(18)5-7-13)19-14-8-9-15(22-2)16(10-14)23-3/h4-11,19H,1-3H3,(H,20,21). The molecule has 1 atom stereocenters. The molecule has 2 rings (SSSR count). The summed E-state index contributed by atoms with van der Waals surface area (Å²) in [4.78, 5) is 12.2. The van der Waals surface area contributed by atoms with Crippen LogP contribution in [0.1, 0.15) is 6.92 Å². The number of amides is 1. The van der Waals surface area contributed by atoms with Crippen LogP contribution >= 0.6 is 11.6 Å². The van der Waals surface area contributed by atoms with Gasteiger partial charge in [0.25, 0.3) is 0 Å². The monoisotopic (exact) mass is 334 g/mol. The van der Waals surface area contributed by atoms with Crippen molar-refractivity contribution in [3.8, 4) is 11.5 Å². The maximum absolute atomic E-state index is 12.2. The number of carbonyl (C=O) groups is 1. The fourth-order valence-electron chi connectivity index (χ4n) is 2.03. The molecule has 2 aromatic rings. The zero-order chi connectivity index (χ0) is 16.8. The van der Waals surface area contributed by atoms with Crippen molar-refractivity contribution in [3.05, 3.63) is 47.5 Å². The van der Waals surface area contributed by atoms with E-state index in [-0.39, 0.29) is 5.91 Å². The van der Waals surface area contributed by atoms with Gasteiger partial charge < -0.3 is 20.1 Å². The van der Waals surface area contributed by atoms with Gasteiger partial charge in [-0.15, -0.1) is 0 Å². The van der Waals surface area contributed by atoms with Crippen molar-refractivity contribution in [1.29, 1.82) is 0 Å². The summed E-state index contributed by atoms with van der Waals surface area (Å²) in [6.07, 6.45) is 0. The van der Waals surface area contributed by atoms with Gasteiger partial charge in [-0.25, -0.2) is 0 Å². The maximum Gasteiger partial charge on any atom is 0.246 e. The Morgan fingerprint density at radius 2 is 1.61 bits per heavy atom. The Kier molecular flexibility index (Phi) is 5.71. The lowest BCUT2D eigenvalue weighted by Crippen LogP contribution is -2.31. The molecule has 2 N–H and O–H groups in total. The largest absolute Gasteiger partial charge is 0.493 e. The molecule has 0 saturated carbocycles. The number of anilines is 2. The number of rotatable bonds is 6. The van der Waals surface area contributed by atoms with Crippen LogP contribution in [0.15, 0.2) is 42.5 Å². The van der Waals surface area contributed by atoms with Crippen molar-refractivity contribution in [2.45, 2.75) is 13.0 Å². The van der Waals surface area contributed by atoms with E-state index in [1.165, 1.54) is 0 Å². The third-order valence-electron chi connectivity index (χ3n) is 3.27. The Balaban J connectivity index is 2.01. The molecule has 0 bridgehead atoms. The third-order valence-corrected chi connectivity index (χ3v) is 3.52. The van der Waals surface area contributed by atoms with Gasteiger partial charge >= 0.3 is 0 Å². The van der Waals surface area contributed by atoms with Gasteiger partial charge in [0.1, 0.15) is 6.04 Å². The minimum atomic E-state index is -0.427. The van der Waals surface area contributed by atoms with Crippen molar-refractivity contribution in [3.63, 3.8) is 0 Å². The number of hydrogen-bond donors (Lipinski definition) is 2. The molecule has 0 aliphatic heterocycles. The fraction of sp³-hybridized carbons (Fsp3) is 0.235. The van der Waals surface area contributed by atoms with Gasteiger partial charge in [-0.2, -0.15) is 0 Å². The summed E-state index contributed by atoms with van der Waals surface area (Å²) in [5.41, 5.74) is 1.46. The lowest BCUT2D eigenvalue weighted by atomic mass is 10.2. The van der Waals surface area contributed by atoms with Gasteiger partial charge in [0.2, 0.25) is 5.91 Å². The molecular formula is C17H19ClN2O3. The van der Waals surface area contributed by atoms with Gasteiger partial charge in [-0.3, -0.25) is 4.79 Å². The molecule has 0 aromatic heterocycles. The second-order valence-electron chi connectivity index (χ2n) is 4.93. The van der Waals surface area contributed by atoms with Gasteiger partial charge in [0, 0.05) is 22.5 Å². The van der Waals surface area contributed by atoms with Crippen molar-refractivity contribution in [1.82, 2.24) is 0 Å². The normalized spacial score (nSPS) is 11.5. The second-order valence-corrected chi connectivity index (χ2v) is 5.37. The zero-order valence-electron chi connectivity index (χ0n) is 13.2. The van der Waals surface area contributed by atoms with Crippen molar-refractivity contribution in [2.75, 3.05) is 24.9 Å². The first-order chi connectivity index (χ1) is 11.0. The SMILES string of the molecule is COc1ccc(NC(C)C(=O)Nc2ccc(Cl)cc2)cc1OC. The summed E-state index contributed by atoms with van der Waals surface area (Å²) in [5.74, 6) is 1.08. The van der Waals surface area contributed by atoms with Crippen LogP contribution in [0, 0.1) is 0 Å². The average molecular weight is 335 g/mol. The van der Waals surface area contributed by atoms with Gasteiger partial charge in [0.05, 0.1) is 14.2 Å². The lowest BCUT2D eigenvalue weighted by molar-refractivity contribution is -0.116. The number of hydrogen-bond acceptors (Lipinski definition) is 4. The van der Waals surface area contributed by atoms with Gasteiger partial charge in [0.15, 0.2) is 11.5 Å². The maximum atomic E-state index is 12.2. The molecule has 5 nitrogen and oxygen atoms in total. The Hall–Kier alpha value is -2.40. The number of carbonyl (C=O) groups excluding carboxylic acids is 1. The van der Waals surface area contributed by atoms with E-state index in [2.05, 4.69) is 10.6 Å². The number of methoxy groups -OCH3 is 2. The van der Waals surface area contributed by atoms with E-state index < -0.39 is 6.04 Å². The van der Waals surface area contributed by atoms with Crippen LogP contribution < -0.4 is 20.1 Å². The molecule has 0 saturated heterocycles. The van der Waals surface area contributed by atoms with Crippen LogP contribution in [0.4, 0.5) is 11.4 Å². The smallest absolute Gasteiger partial charge is 0.246 e. The van der Waals surface area contributed by atoms with Gasteiger partial charge in [-0.05, 0) is 43.3 Å². The molecule has 0 aliphatic rings. The summed E-state index contributed by atoms with van der Waals surface area (Å²) in [7, 11) is 3.14. The highest BCUT2D eigenvalue weighted by atomic mass is 35.5. The summed E-state index contributed by atoms with van der Waals surface area (Å²) in [6, 6.07) is 11.9. The van der Waals surface area contributed by atoms with Crippen LogP contribution in [0.25, 0.3) is 0 Å². The molecule has 0 aliphatic carbocycles. The summed E-state index contributed by atoms with van der Waals surface area (Å²) in [5, 5.41) is 6.57. The van der Waals surface area contributed by atoms with E-state index >= 15 is 0 Å². The highest BCUT2D eigenvalue weighted by Gasteiger charge is 2.14. The van der Waals surface area contributed by atoms with Crippen LogP contribution in [0.3, 0.4) is 0 Å². The lowest BCUT2D eigenvalue weighted by Gasteiger charge is -2.17. The Labute approximate surface area is 140 Å². The van der Waals surface area contributed by atoms with Crippen LogP contribution in [-0.4, -0.2) is 26.2 Å². The molecule has 23 heavy (non-hydrogen) atoms. The van der Waals surface area contributed by atoms with Crippen LogP contribution in [-0.2, 0) is 4.79 Å². The summed E-state index contributed by atoms with van der Waals surface area (Å²) >= 11 is 5.82. The predicted octanol–water partition coefficient (Wildman–Crippen LogP) is 3.80. The van der Waals surface area contributed by atoms with E-state index in [0.717, 1.165) is 5.69 Å². The Morgan fingerprint density at radius 3 is 2.22 bits per heavy atom. The van der Waals surface area contributed by atoms with Crippen LogP contribution in [0.5, 0.6) is 11.5 Å². The van der Waals surface area contributed by atoms with Crippen LogP contribution in [0.2, 0.25) is 5.02 Å². The summed E-state index contributed by atoms with van der Waals surface area (Å²) < 4.78 is 10.4. The Morgan fingerprint density at radius 1 is 1.00 bits per heavy atom. The van der Waals surface area contributed by atoms with E-state index in [0.29, 0.717) is 22.2 Å². The molecule has 122 valence electrons. The first kappa shape index (κ1) is 17.0. The average Bonchev–Trinajstić information content (AvgIpc) is 2.56. The topological polar surface area (TPSA) is 59.6 Å². The molecular weight excluding hydrogens is 316 g/mol. The highest BCUT2D eigenvalue weighted by molar-refractivity contribution is 6.30. The van der Waals surface area contributed by atoms with Crippen molar-refractivity contribution >= 4 is 28.9 Å². The first-order valence-electron chi connectivity index (χ1n) is 7.08. The van der Waals surface area contributed by atoms with Gasteiger partial charge in [-0.1, -0.05) is 11.6 Å². The predicted molar refractivity (Wildman–Crippen MR) is 92.7 cm³/mol. The van der Waals surface area contributed by atoms with E-state index in [1.807, 2.05) is 6.07 Å². The summed E-state index contributed by atoms with van der Waals surface area (Å²) in [6.45, 7) is 1.78. The molecule has 0 heterocycles. The Bertz CT molecular complexity index is 674. The molecule has 0 radical (unpaired) electrons. The quantitative estimate of drug-likeness (QED) is 0.843. The van der Waals surface area contributed by atoms with E-state index in [4.69, 9.17) is 21.1 Å².